The molecule has 2 heterocycles. The lowest BCUT2D eigenvalue weighted by atomic mass is 10.1. The van der Waals surface area contributed by atoms with Gasteiger partial charge in [-0.2, -0.15) is 5.10 Å². The van der Waals surface area contributed by atoms with Crippen molar-refractivity contribution < 1.29 is 22.8 Å². The highest BCUT2D eigenvalue weighted by atomic mass is 32.2. The van der Waals surface area contributed by atoms with Gasteiger partial charge in [0.25, 0.3) is 5.91 Å². The molecule has 0 unspecified atom stereocenters. The largest absolute Gasteiger partial charge is 0.326 e. The van der Waals surface area contributed by atoms with Crippen molar-refractivity contribution in [3.05, 3.63) is 24.3 Å². The number of nitrogens with zero attached hydrogens (tertiary/aromatic N) is 2. The predicted molar refractivity (Wildman–Crippen MR) is 99.9 cm³/mol. The molecule has 0 radical (unpaired) electrons. The Bertz CT molecular complexity index is 908. The first-order valence-electron chi connectivity index (χ1n) is 8.52. The van der Waals surface area contributed by atoms with Gasteiger partial charge in [0, 0.05) is 31.1 Å². The Balaban J connectivity index is 1.69. The molecular weight excluding hydrogens is 372 g/mol. The highest BCUT2D eigenvalue weighted by molar-refractivity contribution is 7.91. The van der Waals surface area contributed by atoms with E-state index in [1.165, 1.54) is 6.92 Å². The van der Waals surface area contributed by atoms with E-state index < -0.39 is 21.8 Å². The molecule has 10 heteroatoms. The third-order valence-corrected chi connectivity index (χ3v) is 6.09. The van der Waals surface area contributed by atoms with Crippen molar-refractivity contribution >= 4 is 44.6 Å². The minimum Gasteiger partial charge on any atom is -0.326 e. The average Bonchev–Trinajstić information content (AvgIpc) is 2.96. The zero-order chi connectivity index (χ0) is 19.6. The number of amides is 3. The molecule has 2 aliphatic rings. The van der Waals surface area contributed by atoms with E-state index in [4.69, 9.17) is 0 Å². The van der Waals surface area contributed by atoms with Crippen LogP contribution >= 0.6 is 0 Å². The molecule has 27 heavy (non-hydrogen) atoms. The van der Waals surface area contributed by atoms with Crippen LogP contribution in [-0.4, -0.2) is 54.4 Å². The Hall–Kier alpha value is -2.75. The van der Waals surface area contributed by atoms with Crippen molar-refractivity contribution in [2.45, 2.75) is 32.2 Å². The molecule has 0 spiro atoms. The highest BCUT2D eigenvalue weighted by Gasteiger charge is 2.37. The van der Waals surface area contributed by atoms with Crippen LogP contribution in [0.15, 0.2) is 29.4 Å². The quantitative estimate of drug-likeness (QED) is 0.782. The first kappa shape index (κ1) is 19.0. The number of rotatable bonds is 4. The molecule has 2 aliphatic heterocycles. The van der Waals surface area contributed by atoms with E-state index in [2.05, 4.69) is 15.7 Å². The molecule has 9 nitrogen and oxygen atoms in total. The second kappa shape index (κ2) is 7.47. The number of hydrogen-bond acceptors (Lipinski definition) is 6. The fourth-order valence-electron chi connectivity index (χ4n) is 3.03. The summed E-state index contributed by atoms with van der Waals surface area (Å²) in [5.41, 5.74) is 1.31. The van der Waals surface area contributed by atoms with Gasteiger partial charge in [-0.05, 0) is 30.7 Å². The molecular formula is C17H20N4O5S. The minimum atomic E-state index is -3.16. The van der Waals surface area contributed by atoms with Gasteiger partial charge in [-0.1, -0.05) is 0 Å². The lowest BCUT2D eigenvalue weighted by Crippen LogP contribution is -2.42. The summed E-state index contributed by atoms with van der Waals surface area (Å²) in [5, 5.41) is 10.6. The van der Waals surface area contributed by atoms with E-state index in [-0.39, 0.29) is 41.9 Å². The van der Waals surface area contributed by atoms with Crippen LogP contribution in [0.3, 0.4) is 0 Å². The summed E-state index contributed by atoms with van der Waals surface area (Å²) in [7, 11) is -3.16. The molecule has 144 valence electrons. The average molecular weight is 392 g/mol. The number of carbonyl (C=O) groups is 3. The molecule has 1 aromatic carbocycles. The van der Waals surface area contributed by atoms with Gasteiger partial charge in [-0.3, -0.25) is 14.4 Å². The molecule has 0 aliphatic carbocycles. The minimum absolute atomic E-state index is 0.0269. The van der Waals surface area contributed by atoms with E-state index in [1.807, 2.05) is 0 Å². The fourth-order valence-corrected chi connectivity index (χ4v) is 4.72. The Morgan fingerprint density at radius 2 is 1.74 bits per heavy atom. The molecule has 1 fully saturated rings. The Kier molecular flexibility index (Phi) is 5.26. The third kappa shape index (κ3) is 4.70. The molecule has 3 rings (SSSR count). The van der Waals surface area contributed by atoms with E-state index in [0.29, 0.717) is 17.8 Å². The van der Waals surface area contributed by atoms with Crippen LogP contribution < -0.4 is 10.6 Å². The van der Waals surface area contributed by atoms with Crippen molar-refractivity contribution in [3.63, 3.8) is 0 Å². The van der Waals surface area contributed by atoms with E-state index >= 15 is 0 Å². The van der Waals surface area contributed by atoms with Crippen molar-refractivity contribution in [1.29, 1.82) is 0 Å². The summed E-state index contributed by atoms with van der Waals surface area (Å²) in [6, 6.07) is 6.07. The van der Waals surface area contributed by atoms with Gasteiger partial charge in [0.2, 0.25) is 11.8 Å². The number of hydrazone groups is 1. The third-order valence-electron chi connectivity index (χ3n) is 4.34. The van der Waals surface area contributed by atoms with Gasteiger partial charge in [-0.25, -0.2) is 13.4 Å². The standard InChI is InChI=1S/C17H20N4O5S/c1-11(22)18-12-2-4-13(5-3-12)19-17(24)15-6-7-16(23)21(20-15)14-8-9-27(25,26)10-14/h2-5,14H,6-10H2,1H3,(H,18,22)(H,19,24)/t14-/m0/s1. The van der Waals surface area contributed by atoms with Crippen molar-refractivity contribution in [3.8, 4) is 0 Å². The number of carbonyl (C=O) groups excluding carboxylic acids is 3. The lowest BCUT2D eigenvalue weighted by Gasteiger charge is -2.27. The van der Waals surface area contributed by atoms with Gasteiger partial charge in [0.1, 0.15) is 5.71 Å². The molecule has 0 saturated carbocycles. The van der Waals surface area contributed by atoms with E-state index in [0.717, 1.165) is 5.01 Å². The van der Waals surface area contributed by atoms with Crippen LogP contribution in [0, 0.1) is 0 Å². The highest BCUT2D eigenvalue weighted by Crippen LogP contribution is 2.22. The number of benzene rings is 1. The number of sulfone groups is 1. The second-order valence-electron chi connectivity index (χ2n) is 6.55. The van der Waals surface area contributed by atoms with Crippen LogP contribution in [0.25, 0.3) is 0 Å². The Labute approximate surface area is 156 Å². The summed E-state index contributed by atoms with van der Waals surface area (Å²) in [6.45, 7) is 1.40. The van der Waals surface area contributed by atoms with E-state index in [9.17, 15) is 22.8 Å². The maximum atomic E-state index is 12.5. The monoisotopic (exact) mass is 392 g/mol. The van der Waals surface area contributed by atoms with Crippen molar-refractivity contribution in [2.75, 3.05) is 22.1 Å². The fraction of sp³-hybridized carbons (Fsp3) is 0.412. The van der Waals surface area contributed by atoms with Crippen molar-refractivity contribution in [1.82, 2.24) is 5.01 Å². The van der Waals surface area contributed by atoms with Gasteiger partial charge in [0.05, 0.1) is 17.5 Å². The maximum absolute atomic E-state index is 12.5. The van der Waals surface area contributed by atoms with Crippen LogP contribution in [0.5, 0.6) is 0 Å². The van der Waals surface area contributed by atoms with E-state index in [1.54, 1.807) is 24.3 Å². The predicted octanol–water partition coefficient (Wildman–Crippen LogP) is 0.749. The maximum Gasteiger partial charge on any atom is 0.271 e. The van der Waals surface area contributed by atoms with Gasteiger partial charge in [0.15, 0.2) is 9.84 Å². The summed E-state index contributed by atoms with van der Waals surface area (Å²) >= 11 is 0. The first-order chi connectivity index (χ1) is 12.7. The molecule has 1 aromatic rings. The zero-order valence-electron chi connectivity index (χ0n) is 14.8. The van der Waals surface area contributed by atoms with Gasteiger partial charge >= 0.3 is 0 Å². The van der Waals surface area contributed by atoms with Crippen LogP contribution in [-0.2, 0) is 24.2 Å². The zero-order valence-corrected chi connectivity index (χ0v) is 15.6. The second-order valence-corrected chi connectivity index (χ2v) is 8.78. The summed E-state index contributed by atoms with van der Waals surface area (Å²) in [4.78, 5) is 35.6. The Morgan fingerprint density at radius 3 is 2.30 bits per heavy atom. The normalized spacial score (nSPS) is 21.5. The first-order valence-corrected chi connectivity index (χ1v) is 10.3. The summed E-state index contributed by atoms with van der Waals surface area (Å²) in [6.07, 6.45) is 0.645. The van der Waals surface area contributed by atoms with Crippen molar-refractivity contribution in [2.24, 2.45) is 5.10 Å². The number of nitrogens with one attached hydrogen (secondary N) is 2. The lowest BCUT2D eigenvalue weighted by molar-refractivity contribution is -0.133. The molecule has 2 N–H and O–H groups in total. The molecule has 3 amide bonds. The SMILES string of the molecule is CC(=O)Nc1ccc(NC(=O)C2=NN([C@H]3CCS(=O)(=O)C3)C(=O)CC2)cc1. The number of anilines is 2. The van der Waals surface area contributed by atoms with Gasteiger partial charge < -0.3 is 10.6 Å². The molecule has 1 saturated heterocycles. The molecule has 0 aromatic heterocycles. The molecule has 0 bridgehead atoms. The van der Waals surface area contributed by atoms with Crippen LogP contribution in [0.4, 0.5) is 11.4 Å². The van der Waals surface area contributed by atoms with Crippen LogP contribution in [0.1, 0.15) is 26.2 Å². The van der Waals surface area contributed by atoms with Crippen LogP contribution in [0.2, 0.25) is 0 Å². The van der Waals surface area contributed by atoms with Gasteiger partial charge in [-0.15, -0.1) is 0 Å². The summed E-state index contributed by atoms with van der Waals surface area (Å²) in [5.74, 6) is -1.00. The number of hydrogen-bond donors (Lipinski definition) is 2. The smallest absolute Gasteiger partial charge is 0.271 e. The summed E-state index contributed by atoms with van der Waals surface area (Å²) < 4.78 is 23.3. The topological polar surface area (TPSA) is 125 Å². The molecule has 1 atom stereocenters. The Morgan fingerprint density at radius 1 is 1.11 bits per heavy atom.